The molecule has 1 aromatic heterocycles. The maximum absolute atomic E-state index is 6.47. The van der Waals surface area contributed by atoms with E-state index in [9.17, 15) is 0 Å². The van der Waals surface area contributed by atoms with Gasteiger partial charge in [-0.25, -0.2) is 0 Å². The van der Waals surface area contributed by atoms with Crippen LogP contribution in [0.3, 0.4) is 0 Å². The summed E-state index contributed by atoms with van der Waals surface area (Å²) < 4.78 is 0. The van der Waals surface area contributed by atoms with Gasteiger partial charge in [-0.15, -0.1) is 11.8 Å². The molecule has 1 saturated carbocycles. The summed E-state index contributed by atoms with van der Waals surface area (Å²) in [5.74, 6) is 1.01. The maximum atomic E-state index is 6.47. The highest BCUT2D eigenvalue weighted by atomic mass is 35.5. The Morgan fingerprint density at radius 1 is 1.14 bits per heavy atom. The van der Waals surface area contributed by atoms with Crippen molar-refractivity contribution in [3.05, 3.63) is 35.6 Å². The van der Waals surface area contributed by atoms with Crippen molar-refractivity contribution in [2.24, 2.45) is 5.92 Å². The number of halogens is 1. The van der Waals surface area contributed by atoms with Gasteiger partial charge in [0.2, 0.25) is 0 Å². The Labute approximate surface area is 141 Å². The molecule has 2 nitrogen and oxygen atoms in total. The van der Waals surface area contributed by atoms with Crippen molar-refractivity contribution >= 4 is 34.1 Å². The topological polar surface area (TPSA) is 16.1 Å². The number of fused-ring (bicyclic) bond motifs is 1. The summed E-state index contributed by atoms with van der Waals surface area (Å²) in [5.41, 5.74) is 0. The molecule has 4 heteroatoms. The van der Waals surface area contributed by atoms with Crippen molar-refractivity contribution in [2.75, 3.05) is 19.6 Å². The third-order valence-electron chi connectivity index (χ3n) is 4.73. The van der Waals surface area contributed by atoms with E-state index in [1.54, 1.807) is 0 Å². The fourth-order valence-corrected chi connectivity index (χ4v) is 4.71. The van der Waals surface area contributed by atoms with Gasteiger partial charge in [0.25, 0.3) is 0 Å². The molecule has 1 aliphatic carbocycles. The van der Waals surface area contributed by atoms with E-state index >= 15 is 0 Å². The molecule has 2 aromatic rings. The van der Waals surface area contributed by atoms with E-state index in [-0.39, 0.29) is 0 Å². The van der Waals surface area contributed by atoms with Crippen LogP contribution in [-0.4, -0.2) is 34.8 Å². The van der Waals surface area contributed by atoms with Gasteiger partial charge >= 0.3 is 0 Å². The van der Waals surface area contributed by atoms with E-state index in [1.807, 2.05) is 24.2 Å². The smallest absolute Gasteiger partial charge is 0.0548 e. The number of aromatic nitrogens is 1. The first-order chi connectivity index (χ1) is 10.8. The number of hydrogen-bond donors (Lipinski definition) is 0. The molecular formula is C18H21ClN2S. The Morgan fingerprint density at radius 2 is 1.95 bits per heavy atom. The predicted molar refractivity (Wildman–Crippen MR) is 94.8 cm³/mol. The standard InChI is InChI=1S/C18H21ClN2S/c19-17-9-15-11-20-6-3-14(15)10-18(17)22-16-4-7-21(8-5-16)12-13-1-2-13/h3,6,9-11,13,16H,1-2,4-5,7-8,12H2. The first-order valence-corrected chi connectivity index (χ1v) is 9.46. The molecule has 2 heterocycles. The lowest BCUT2D eigenvalue weighted by Crippen LogP contribution is -2.36. The first-order valence-electron chi connectivity index (χ1n) is 8.20. The van der Waals surface area contributed by atoms with Gasteiger partial charge < -0.3 is 4.90 Å². The van der Waals surface area contributed by atoms with Crippen molar-refractivity contribution in [3.63, 3.8) is 0 Å². The van der Waals surface area contributed by atoms with E-state index in [0.717, 1.165) is 16.3 Å². The number of pyridine rings is 1. The quantitative estimate of drug-likeness (QED) is 0.795. The number of thioether (sulfide) groups is 1. The summed E-state index contributed by atoms with van der Waals surface area (Å²) in [7, 11) is 0. The zero-order chi connectivity index (χ0) is 14.9. The van der Waals surface area contributed by atoms with E-state index < -0.39 is 0 Å². The van der Waals surface area contributed by atoms with E-state index in [4.69, 9.17) is 11.6 Å². The van der Waals surface area contributed by atoms with Crippen LogP contribution in [0.25, 0.3) is 10.8 Å². The molecule has 0 unspecified atom stereocenters. The zero-order valence-corrected chi connectivity index (χ0v) is 14.2. The van der Waals surface area contributed by atoms with Gasteiger partial charge in [-0.3, -0.25) is 4.98 Å². The van der Waals surface area contributed by atoms with Gasteiger partial charge in [-0.2, -0.15) is 0 Å². The lowest BCUT2D eigenvalue weighted by atomic mass is 10.1. The summed E-state index contributed by atoms with van der Waals surface area (Å²) in [6, 6.07) is 6.34. The summed E-state index contributed by atoms with van der Waals surface area (Å²) in [4.78, 5) is 8.04. The average molecular weight is 333 g/mol. The minimum Gasteiger partial charge on any atom is -0.303 e. The van der Waals surface area contributed by atoms with Gasteiger partial charge in [0, 0.05) is 34.5 Å². The summed E-state index contributed by atoms with van der Waals surface area (Å²) in [6.07, 6.45) is 9.20. The van der Waals surface area contributed by atoms with Gasteiger partial charge in [0.05, 0.1) is 5.02 Å². The molecule has 0 radical (unpaired) electrons. The van der Waals surface area contributed by atoms with Crippen LogP contribution < -0.4 is 0 Å². The molecule has 0 amide bonds. The SMILES string of the molecule is Clc1cc2cnccc2cc1SC1CCN(CC2CC2)CC1. The van der Waals surface area contributed by atoms with E-state index in [2.05, 4.69) is 28.1 Å². The lowest BCUT2D eigenvalue weighted by Gasteiger charge is -2.31. The molecule has 0 atom stereocenters. The number of nitrogens with zero attached hydrogens (tertiary/aromatic N) is 2. The molecule has 0 bridgehead atoms. The molecule has 2 fully saturated rings. The molecule has 0 N–H and O–H groups in total. The Morgan fingerprint density at radius 3 is 2.73 bits per heavy atom. The van der Waals surface area contributed by atoms with Crippen molar-refractivity contribution in [2.45, 2.75) is 35.8 Å². The highest BCUT2D eigenvalue weighted by Gasteiger charge is 2.27. The molecule has 1 saturated heterocycles. The van der Waals surface area contributed by atoms with Crippen molar-refractivity contribution in [3.8, 4) is 0 Å². The number of piperidine rings is 1. The second-order valence-electron chi connectivity index (χ2n) is 6.57. The number of rotatable bonds is 4. The van der Waals surface area contributed by atoms with Crippen molar-refractivity contribution in [1.29, 1.82) is 0 Å². The summed E-state index contributed by atoms with van der Waals surface area (Å²) >= 11 is 8.43. The van der Waals surface area contributed by atoms with Gasteiger partial charge in [0.15, 0.2) is 0 Å². The molecule has 4 rings (SSSR count). The van der Waals surface area contributed by atoms with Gasteiger partial charge in [-0.05, 0) is 68.3 Å². The van der Waals surface area contributed by atoms with Crippen LogP contribution in [0.2, 0.25) is 5.02 Å². The molecule has 0 spiro atoms. The molecule has 1 aliphatic heterocycles. The lowest BCUT2D eigenvalue weighted by molar-refractivity contribution is 0.224. The molecule has 116 valence electrons. The predicted octanol–water partition coefficient (Wildman–Crippen LogP) is 4.85. The first kappa shape index (κ1) is 14.8. The number of benzene rings is 1. The second kappa shape index (κ2) is 6.38. The largest absolute Gasteiger partial charge is 0.303 e. The van der Waals surface area contributed by atoms with Crippen LogP contribution in [0.5, 0.6) is 0 Å². The van der Waals surface area contributed by atoms with E-state index in [0.29, 0.717) is 5.25 Å². The summed E-state index contributed by atoms with van der Waals surface area (Å²) in [6.45, 7) is 3.84. The third-order valence-corrected chi connectivity index (χ3v) is 6.55. The highest BCUT2D eigenvalue weighted by Crippen LogP contribution is 2.38. The minimum atomic E-state index is 0.701. The third kappa shape index (κ3) is 3.42. The van der Waals surface area contributed by atoms with Crippen LogP contribution in [0.1, 0.15) is 25.7 Å². The van der Waals surface area contributed by atoms with Crippen LogP contribution in [0.15, 0.2) is 35.5 Å². The average Bonchev–Trinajstić information content (AvgIpc) is 3.34. The maximum Gasteiger partial charge on any atom is 0.0548 e. The fraction of sp³-hybridized carbons (Fsp3) is 0.500. The van der Waals surface area contributed by atoms with Crippen LogP contribution >= 0.6 is 23.4 Å². The normalized spacial score (nSPS) is 20.6. The molecule has 2 aliphatic rings. The van der Waals surface area contributed by atoms with Gasteiger partial charge in [-0.1, -0.05) is 11.6 Å². The summed E-state index contributed by atoms with van der Waals surface area (Å²) in [5, 5.41) is 3.92. The van der Waals surface area contributed by atoms with Crippen LogP contribution in [0, 0.1) is 5.92 Å². The Bertz CT molecular complexity index is 663. The van der Waals surface area contributed by atoms with Crippen molar-refractivity contribution < 1.29 is 0 Å². The van der Waals surface area contributed by atoms with Crippen LogP contribution in [-0.2, 0) is 0 Å². The Kier molecular flexibility index (Phi) is 4.29. The second-order valence-corrected chi connectivity index (χ2v) is 8.32. The van der Waals surface area contributed by atoms with E-state index in [1.165, 1.54) is 55.6 Å². The van der Waals surface area contributed by atoms with Gasteiger partial charge in [0.1, 0.15) is 0 Å². The van der Waals surface area contributed by atoms with Crippen molar-refractivity contribution in [1.82, 2.24) is 9.88 Å². The Hall–Kier alpha value is -0.770. The Balaban J connectivity index is 1.41. The highest BCUT2D eigenvalue weighted by molar-refractivity contribution is 8.00. The molecular weight excluding hydrogens is 312 g/mol. The molecule has 1 aromatic carbocycles. The minimum absolute atomic E-state index is 0.701. The number of likely N-dealkylation sites (tertiary alicyclic amines) is 1. The van der Waals surface area contributed by atoms with Crippen LogP contribution in [0.4, 0.5) is 0 Å². The fourth-order valence-electron chi connectivity index (χ4n) is 3.23. The monoisotopic (exact) mass is 332 g/mol. The number of hydrogen-bond acceptors (Lipinski definition) is 3. The molecule has 22 heavy (non-hydrogen) atoms. The zero-order valence-electron chi connectivity index (χ0n) is 12.7.